The van der Waals surface area contributed by atoms with Crippen molar-refractivity contribution >= 4 is 21.8 Å². The molecule has 0 saturated heterocycles. The van der Waals surface area contributed by atoms with Gasteiger partial charge in [-0.3, -0.25) is 4.68 Å². The van der Waals surface area contributed by atoms with Gasteiger partial charge >= 0.3 is 21.1 Å². The van der Waals surface area contributed by atoms with Crippen LogP contribution in [-0.4, -0.2) is 19.3 Å². The molecule has 7 rings (SSSR count). The maximum atomic E-state index is 6.55. The standard InChI is InChI=1S/C45H46N4O.Pt/c1-10-11-18-40-44(43-32(8)30(6)29(5)31(7)33(43)9)45(27(2)3)47-49(40)34-15-14-16-35(25-34)50-36-20-21-38-37-17-12-13-19-39(37)48(41(38)26-36)42-24-28(4)22-23-46-42;/h12-17,19-24,27H,10-11,18H2,1-9H3;/q-2;+2. The summed E-state index contributed by atoms with van der Waals surface area (Å²) in [7, 11) is 0. The molecule has 0 fully saturated rings. The molecule has 0 aliphatic rings. The van der Waals surface area contributed by atoms with Crippen LogP contribution in [0, 0.1) is 53.7 Å². The van der Waals surface area contributed by atoms with Crippen LogP contribution in [0.5, 0.6) is 11.5 Å². The van der Waals surface area contributed by atoms with Crippen LogP contribution in [0.15, 0.2) is 72.9 Å². The summed E-state index contributed by atoms with van der Waals surface area (Å²) in [5.74, 6) is 2.35. The van der Waals surface area contributed by atoms with Crippen molar-refractivity contribution in [2.75, 3.05) is 0 Å². The van der Waals surface area contributed by atoms with E-state index in [-0.39, 0.29) is 27.0 Å². The molecule has 0 unspecified atom stereocenters. The topological polar surface area (TPSA) is 44.9 Å². The molecule has 262 valence electrons. The number of pyridine rings is 1. The molecule has 0 bridgehead atoms. The second-order valence-electron chi connectivity index (χ2n) is 14.0. The predicted molar refractivity (Wildman–Crippen MR) is 206 cm³/mol. The van der Waals surface area contributed by atoms with Gasteiger partial charge in [-0.25, -0.2) is 4.98 Å². The summed E-state index contributed by atoms with van der Waals surface area (Å²) in [6.07, 6.45) is 4.96. The van der Waals surface area contributed by atoms with Crippen LogP contribution in [0.3, 0.4) is 0 Å². The van der Waals surface area contributed by atoms with Crippen LogP contribution < -0.4 is 4.74 Å². The number of hydrogen-bond donors (Lipinski definition) is 0. The fourth-order valence-electron chi connectivity index (χ4n) is 7.35. The van der Waals surface area contributed by atoms with Crippen LogP contribution in [0.1, 0.15) is 84.3 Å². The third kappa shape index (κ3) is 6.46. The quantitative estimate of drug-likeness (QED) is 0.136. The van der Waals surface area contributed by atoms with E-state index in [1.165, 1.54) is 44.6 Å². The fraction of sp³-hybridized carbons (Fsp3) is 0.289. The Hall–Kier alpha value is -4.47. The average Bonchev–Trinajstić information content (AvgIpc) is 3.65. The Bertz CT molecular complexity index is 2370. The fourth-order valence-corrected chi connectivity index (χ4v) is 7.35. The van der Waals surface area contributed by atoms with Crippen molar-refractivity contribution in [1.29, 1.82) is 0 Å². The van der Waals surface area contributed by atoms with Gasteiger partial charge in [-0.1, -0.05) is 50.9 Å². The van der Waals surface area contributed by atoms with Gasteiger partial charge in [0.25, 0.3) is 0 Å². The number of unbranched alkanes of at least 4 members (excludes halogenated alkanes) is 1. The molecule has 6 heteroatoms. The molecule has 7 aromatic rings. The number of aromatic nitrogens is 4. The maximum Gasteiger partial charge on any atom is 2.00 e. The first-order valence-electron chi connectivity index (χ1n) is 17.9. The second kappa shape index (κ2) is 14.6. The Balaban J connectivity index is 0.00000448. The predicted octanol–water partition coefficient (Wildman–Crippen LogP) is 11.7. The summed E-state index contributed by atoms with van der Waals surface area (Å²) < 4.78 is 10.8. The van der Waals surface area contributed by atoms with Gasteiger partial charge in [-0.05, 0) is 129 Å². The first kappa shape index (κ1) is 36.3. The molecule has 0 amide bonds. The zero-order valence-corrected chi connectivity index (χ0v) is 33.4. The summed E-state index contributed by atoms with van der Waals surface area (Å²) in [4.78, 5) is 4.72. The molecule has 0 spiro atoms. The summed E-state index contributed by atoms with van der Waals surface area (Å²) in [5, 5.41) is 7.61. The number of aryl methyl sites for hydroxylation is 1. The maximum absolute atomic E-state index is 6.55. The second-order valence-corrected chi connectivity index (χ2v) is 14.0. The first-order valence-corrected chi connectivity index (χ1v) is 17.9. The Morgan fingerprint density at radius 2 is 1.45 bits per heavy atom. The van der Waals surface area contributed by atoms with Crippen molar-refractivity contribution in [1.82, 2.24) is 19.3 Å². The zero-order valence-electron chi connectivity index (χ0n) is 31.1. The largest absolute Gasteiger partial charge is 2.00 e. The van der Waals surface area contributed by atoms with E-state index < -0.39 is 0 Å². The summed E-state index contributed by atoms with van der Waals surface area (Å²) in [5.41, 5.74) is 15.8. The van der Waals surface area contributed by atoms with E-state index >= 15 is 0 Å². The minimum absolute atomic E-state index is 0. The monoisotopic (exact) mass is 853 g/mol. The average molecular weight is 854 g/mol. The SMILES string of the molecule is CCCCc1c(-c2c(C)c(C)c(C)c(C)c2C)c(C(C)C)nn1-c1[c-]c(Oc2[c-]c3c(cc2)c2ccccc2n3-c2cc(C)ccn2)ccc1.[Pt+2]. The number of para-hydroxylation sites is 1. The molecule has 0 saturated carbocycles. The number of ether oxygens (including phenoxy) is 1. The van der Waals surface area contributed by atoms with Gasteiger partial charge in [0.15, 0.2) is 0 Å². The first-order chi connectivity index (χ1) is 24.1. The van der Waals surface area contributed by atoms with Crippen molar-refractivity contribution in [3.63, 3.8) is 0 Å². The number of hydrogen-bond acceptors (Lipinski definition) is 3. The van der Waals surface area contributed by atoms with Crippen LogP contribution in [0.2, 0.25) is 0 Å². The van der Waals surface area contributed by atoms with E-state index in [0.717, 1.165) is 63.8 Å². The Morgan fingerprint density at radius 1 is 0.745 bits per heavy atom. The zero-order chi connectivity index (χ0) is 35.3. The molecule has 4 aromatic carbocycles. The number of benzene rings is 4. The molecule has 3 heterocycles. The Kier molecular flexibility index (Phi) is 10.4. The van der Waals surface area contributed by atoms with Crippen molar-refractivity contribution in [2.45, 2.75) is 87.5 Å². The third-order valence-corrected chi connectivity index (χ3v) is 10.5. The van der Waals surface area contributed by atoms with Gasteiger partial charge < -0.3 is 9.30 Å². The van der Waals surface area contributed by atoms with Crippen LogP contribution in [0.4, 0.5) is 0 Å². The smallest absolute Gasteiger partial charge is 0.509 e. The summed E-state index contributed by atoms with van der Waals surface area (Å²) in [6.45, 7) is 20.1. The van der Waals surface area contributed by atoms with Gasteiger partial charge in [0.05, 0.1) is 5.69 Å². The van der Waals surface area contributed by atoms with Crippen molar-refractivity contribution < 1.29 is 25.8 Å². The molecule has 0 aliphatic heterocycles. The molecular formula is C45H46N4OPt. The van der Waals surface area contributed by atoms with E-state index in [4.69, 9.17) is 14.8 Å². The van der Waals surface area contributed by atoms with Crippen molar-refractivity contribution in [2.24, 2.45) is 0 Å². The molecule has 5 nitrogen and oxygen atoms in total. The van der Waals surface area contributed by atoms with Gasteiger partial charge in [-0.15, -0.1) is 35.7 Å². The van der Waals surface area contributed by atoms with Gasteiger partial charge in [-0.2, -0.15) is 17.2 Å². The number of fused-ring (bicyclic) bond motifs is 3. The normalized spacial score (nSPS) is 11.5. The molecule has 0 atom stereocenters. The van der Waals surface area contributed by atoms with E-state index in [0.29, 0.717) is 11.5 Å². The van der Waals surface area contributed by atoms with Gasteiger partial charge in [0, 0.05) is 34.5 Å². The van der Waals surface area contributed by atoms with E-state index in [1.54, 1.807) is 0 Å². The minimum atomic E-state index is 0. The van der Waals surface area contributed by atoms with Crippen molar-refractivity contribution in [3.8, 4) is 34.1 Å². The molecule has 0 N–H and O–H groups in total. The molecule has 3 aromatic heterocycles. The Morgan fingerprint density at radius 3 is 2.16 bits per heavy atom. The van der Waals surface area contributed by atoms with E-state index in [9.17, 15) is 0 Å². The molecule has 0 radical (unpaired) electrons. The van der Waals surface area contributed by atoms with E-state index in [1.807, 2.05) is 30.5 Å². The molecule has 0 aliphatic carbocycles. The summed E-state index contributed by atoms with van der Waals surface area (Å²) in [6, 6.07) is 29.9. The van der Waals surface area contributed by atoms with Crippen LogP contribution >= 0.6 is 0 Å². The molecule has 51 heavy (non-hydrogen) atoms. The molecular weight excluding hydrogens is 808 g/mol. The van der Waals surface area contributed by atoms with Crippen LogP contribution in [-0.2, 0) is 27.5 Å². The Labute approximate surface area is 317 Å². The van der Waals surface area contributed by atoms with Gasteiger partial charge in [0.2, 0.25) is 0 Å². The van der Waals surface area contributed by atoms with Crippen molar-refractivity contribution in [3.05, 3.63) is 130 Å². The van der Waals surface area contributed by atoms with Crippen LogP contribution in [0.25, 0.3) is 44.4 Å². The summed E-state index contributed by atoms with van der Waals surface area (Å²) >= 11 is 0. The number of nitrogens with zero attached hydrogens (tertiary/aromatic N) is 4. The minimum Gasteiger partial charge on any atom is -0.509 e. The van der Waals surface area contributed by atoms with Gasteiger partial charge in [0.1, 0.15) is 5.82 Å². The third-order valence-electron chi connectivity index (χ3n) is 10.5. The van der Waals surface area contributed by atoms with E-state index in [2.05, 4.69) is 126 Å². The number of rotatable bonds is 9.